The SMILES string of the molecule is CO[C@H]1[C@H](O)[C@@H](CO)O[C@]1(O)CO. The Kier molecular flexibility index (Phi) is 3.23. The van der Waals surface area contributed by atoms with E-state index in [0.717, 1.165) is 0 Å². The standard InChI is InChI=1S/C7H14O6/c1-12-6-5(10)4(2-8)13-7(6,11)3-9/h4-6,8-11H,2-3H2,1H3/t4-,5-,6+,7-/m1/s1. The van der Waals surface area contributed by atoms with Crippen LogP contribution in [0, 0.1) is 0 Å². The van der Waals surface area contributed by atoms with Crippen LogP contribution in [0.4, 0.5) is 0 Å². The summed E-state index contributed by atoms with van der Waals surface area (Å²) in [6.07, 6.45) is -3.12. The normalized spacial score (nSPS) is 45.5. The molecule has 1 fully saturated rings. The van der Waals surface area contributed by atoms with Crippen molar-refractivity contribution in [2.45, 2.75) is 24.1 Å². The van der Waals surface area contributed by atoms with E-state index in [9.17, 15) is 10.2 Å². The van der Waals surface area contributed by atoms with Crippen LogP contribution in [0.15, 0.2) is 0 Å². The molecule has 6 heteroatoms. The molecule has 0 aromatic heterocycles. The maximum Gasteiger partial charge on any atom is 0.219 e. The predicted molar refractivity (Wildman–Crippen MR) is 40.8 cm³/mol. The molecule has 1 rings (SSSR count). The summed E-state index contributed by atoms with van der Waals surface area (Å²) < 4.78 is 9.61. The lowest BCUT2D eigenvalue weighted by Crippen LogP contribution is -2.47. The molecule has 0 unspecified atom stereocenters. The lowest BCUT2D eigenvalue weighted by atomic mass is 10.1. The molecular formula is C7H14O6. The van der Waals surface area contributed by atoms with Gasteiger partial charge in [0.25, 0.3) is 0 Å². The Hall–Kier alpha value is -0.240. The third kappa shape index (κ3) is 1.69. The highest BCUT2D eigenvalue weighted by Gasteiger charge is 2.53. The van der Waals surface area contributed by atoms with Crippen LogP contribution in [-0.2, 0) is 9.47 Å². The molecule has 0 spiro atoms. The zero-order valence-corrected chi connectivity index (χ0v) is 7.25. The summed E-state index contributed by atoms with van der Waals surface area (Å²) in [4.78, 5) is 0. The molecule has 1 aliphatic heterocycles. The van der Waals surface area contributed by atoms with Crippen molar-refractivity contribution in [1.82, 2.24) is 0 Å². The number of hydrogen-bond donors (Lipinski definition) is 4. The first-order valence-electron chi connectivity index (χ1n) is 3.92. The molecule has 6 nitrogen and oxygen atoms in total. The average molecular weight is 194 g/mol. The Morgan fingerprint density at radius 2 is 2.08 bits per heavy atom. The molecule has 0 bridgehead atoms. The van der Waals surface area contributed by atoms with Crippen molar-refractivity contribution in [2.24, 2.45) is 0 Å². The van der Waals surface area contributed by atoms with Gasteiger partial charge in [0.2, 0.25) is 5.79 Å². The highest BCUT2D eigenvalue weighted by molar-refractivity contribution is 4.95. The van der Waals surface area contributed by atoms with Crippen molar-refractivity contribution in [1.29, 1.82) is 0 Å². The number of aliphatic hydroxyl groups excluding tert-OH is 3. The molecule has 0 amide bonds. The minimum Gasteiger partial charge on any atom is -0.394 e. The summed E-state index contributed by atoms with van der Waals surface area (Å²) in [5.74, 6) is -1.93. The van der Waals surface area contributed by atoms with Crippen molar-refractivity contribution in [3.8, 4) is 0 Å². The van der Waals surface area contributed by atoms with E-state index in [1.165, 1.54) is 7.11 Å². The zero-order valence-electron chi connectivity index (χ0n) is 7.25. The van der Waals surface area contributed by atoms with Gasteiger partial charge in [-0.25, -0.2) is 0 Å². The fourth-order valence-corrected chi connectivity index (χ4v) is 1.46. The third-order valence-corrected chi connectivity index (χ3v) is 2.15. The largest absolute Gasteiger partial charge is 0.394 e. The van der Waals surface area contributed by atoms with Gasteiger partial charge in [-0.1, -0.05) is 0 Å². The summed E-state index contributed by atoms with van der Waals surface area (Å²) in [7, 11) is 1.28. The van der Waals surface area contributed by atoms with Crippen LogP contribution in [0.2, 0.25) is 0 Å². The predicted octanol–water partition coefficient (Wildman–Crippen LogP) is -2.57. The second-order valence-corrected chi connectivity index (χ2v) is 2.99. The quantitative estimate of drug-likeness (QED) is 0.394. The molecule has 0 aromatic rings. The topological polar surface area (TPSA) is 99.4 Å². The fraction of sp³-hybridized carbons (Fsp3) is 1.00. The highest BCUT2D eigenvalue weighted by Crippen LogP contribution is 2.30. The Morgan fingerprint density at radius 1 is 1.46 bits per heavy atom. The fourth-order valence-electron chi connectivity index (χ4n) is 1.46. The van der Waals surface area contributed by atoms with Crippen LogP contribution in [0.3, 0.4) is 0 Å². The number of hydrogen-bond acceptors (Lipinski definition) is 6. The Bertz CT molecular complexity index is 174. The van der Waals surface area contributed by atoms with Gasteiger partial charge in [0.05, 0.1) is 13.2 Å². The average Bonchev–Trinajstić information content (AvgIpc) is 2.39. The molecule has 1 heterocycles. The van der Waals surface area contributed by atoms with Crippen LogP contribution in [-0.4, -0.2) is 64.8 Å². The van der Waals surface area contributed by atoms with Gasteiger partial charge >= 0.3 is 0 Å². The molecule has 4 N–H and O–H groups in total. The zero-order chi connectivity index (χ0) is 10.1. The van der Waals surface area contributed by atoms with Crippen LogP contribution in [0.1, 0.15) is 0 Å². The summed E-state index contributed by atoms with van der Waals surface area (Å²) in [5.41, 5.74) is 0. The van der Waals surface area contributed by atoms with Gasteiger partial charge in [0, 0.05) is 7.11 Å². The molecule has 0 saturated carbocycles. The van der Waals surface area contributed by atoms with Crippen molar-refractivity contribution in [2.75, 3.05) is 20.3 Å². The number of methoxy groups -OCH3 is 1. The van der Waals surface area contributed by atoms with Crippen molar-refractivity contribution >= 4 is 0 Å². The van der Waals surface area contributed by atoms with Crippen LogP contribution < -0.4 is 0 Å². The number of rotatable bonds is 3. The first-order chi connectivity index (χ1) is 6.09. The van der Waals surface area contributed by atoms with Gasteiger partial charge in [-0.15, -0.1) is 0 Å². The van der Waals surface area contributed by atoms with Crippen molar-refractivity contribution in [3.63, 3.8) is 0 Å². The Labute approximate surface area is 75.3 Å². The number of ether oxygens (including phenoxy) is 2. The van der Waals surface area contributed by atoms with Crippen LogP contribution >= 0.6 is 0 Å². The molecule has 13 heavy (non-hydrogen) atoms. The van der Waals surface area contributed by atoms with E-state index in [4.69, 9.17) is 19.7 Å². The minimum atomic E-state index is -1.93. The third-order valence-electron chi connectivity index (χ3n) is 2.15. The molecule has 0 aliphatic carbocycles. The van der Waals surface area contributed by atoms with Gasteiger partial charge in [-0.3, -0.25) is 0 Å². The molecule has 0 radical (unpaired) electrons. The van der Waals surface area contributed by atoms with E-state index >= 15 is 0 Å². The van der Waals surface area contributed by atoms with E-state index in [-0.39, 0.29) is 0 Å². The summed E-state index contributed by atoms with van der Waals surface area (Å²) in [6.45, 7) is -1.14. The number of aliphatic hydroxyl groups is 4. The highest BCUT2D eigenvalue weighted by atomic mass is 16.7. The summed E-state index contributed by atoms with van der Waals surface area (Å²) in [6, 6.07) is 0. The van der Waals surface area contributed by atoms with E-state index in [1.807, 2.05) is 0 Å². The van der Waals surface area contributed by atoms with E-state index < -0.39 is 37.3 Å². The van der Waals surface area contributed by atoms with E-state index in [0.29, 0.717) is 0 Å². The van der Waals surface area contributed by atoms with Crippen LogP contribution in [0.5, 0.6) is 0 Å². The van der Waals surface area contributed by atoms with Gasteiger partial charge in [-0.2, -0.15) is 0 Å². The maximum atomic E-state index is 9.56. The van der Waals surface area contributed by atoms with Gasteiger partial charge in [-0.05, 0) is 0 Å². The first-order valence-corrected chi connectivity index (χ1v) is 3.92. The summed E-state index contributed by atoms with van der Waals surface area (Å²) >= 11 is 0. The van der Waals surface area contributed by atoms with E-state index in [2.05, 4.69) is 0 Å². The van der Waals surface area contributed by atoms with Gasteiger partial charge < -0.3 is 29.9 Å². The summed E-state index contributed by atoms with van der Waals surface area (Å²) in [5, 5.41) is 36.6. The lowest BCUT2D eigenvalue weighted by Gasteiger charge is -2.25. The molecule has 1 saturated heterocycles. The maximum absolute atomic E-state index is 9.56. The smallest absolute Gasteiger partial charge is 0.219 e. The molecule has 4 atom stereocenters. The lowest BCUT2D eigenvalue weighted by molar-refractivity contribution is -0.252. The Balaban J connectivity index is 2.78. The molecular weight excluding hydrogens is 180 g/mol. The molecule has 78 valence electrons. The van der Waals surface area contributed by atoms with Gasteiger partial charge in [0.15, 0.2) is 0 Å². The van der Waals surface area contributed by atoms with Gasteiger partial charge in [0.1, 0.15) is 18.3 Å². The monoisotopic (exact) mass is 194 g/mol. The second kappa shape index (κ2) is 3.87. The second-order valence-electron chi connectivity index (χ2n) is 2.99. The molecule has 1 aliphatic rings. The van der Waals surface area contributed by atoms with Crippen molar-refractivity contribution in [3.05, 3.63) is 0 Å². The molecule has 0 aromatic carbocycles. The van der Waals surface area contributed by atoms with Crippen LogP contribution in [0.25, 0.3) is 0 Å². The minimum absolute atomic E-state index is 0.441. The van der Waals surface area contributed by atoms with E-state index in [1.54, 1.807) is 0 Å². The first kappa shape index (κ1) is 10.8. The Morgan fingerprint density at radius 3 is 2.38 bits per heavy atom. The van der Waals surface area contributed by atoms with Crippen molar-refractivity contribution < 1.29 is 29.9 Å².